The largest absolute Gasteiger partial charge is 0.480 e. The molecule has 0 aliphatic heterocycles. The lowest BCUT2D eigenvalue weighted by molar-refractivity contribution is -0.161. The molecule has 0 aromatic rings. The third kappa shape index (κ3) is 43.6. The fourth-order valence-electron chi connectivity index (χ4n) is 6.16. The van der Waals surface area contributed by atoms with Gasteiger partial charge in [-0.3, -0.25) is 23.4 Å². The second-order valence-electron chi connectivity index (χ2n) is 15.9. The van der Waals surface area contributed by atoms with Crippen molar-refractivity contribution >= 4 is 25.7 Å². The zero-order valence-corrected chi connectivity index (χ0v) is 39.6. The summed E-state index contributed by atoms with van der Waals surface area (Å²) in [5.41, 5.74) is 5.33. The molecule has 0 aliphatic rings. The zero-order valence-electron chi connectivity index (χ0n) is 38.7. The number of aliphatic carboxylic acids is 1. The molecule has 0 saturated carbocycles. The van der Waals surface area contributed by atoms with E-state index < -0.39 is 57.7 Å². The number of carbonyl (C=O) groups excluding carboxylic acids is 2. The van der Waals surface area contributed by atoms with Crippen LogP contribution in [0.15, 0.2) is 72.9 Å². The van der Waals surface area contributed by atoms with Crippen molar-refractivity contribution in [2.45, 2.75) is 206 Å². The number of hydrogen-bond donors (Lipinski definition) is 3. The van der Waals surface area contributed by atoms with Crippen LogP contribution in [-0.4, -0.2) is 59.9 Å². The summed E-state index contributed by atoms with van der Waals surface area (Å²) in [6, 6.07) is -1.54. The Morgan fingerprint density at radius 3 is 1.27 bits per heavy atom. The number of hydrogen-bond acceptors (Lipinski definition) is 9. The Bertz CT molecular complexity index is 1320. The number of unbranched alkanes of at least 4 members (excludes halogenated alkanes) is 18. The SMILES string of the molecule is CCCCCCCCC/C=C/C/C=C/C/C=C/C/C=C/CCCC(=O)OC[C@H](COP(=O)(O)OC[C@H](N)C(=O)O)OC(=O)CCC/C=C/C/C=C/CCCCCCCCCCC. The van der Waals surface area contributed by atoms with Gasteiger partial charge >= 0.3 is 25.7 Å². The van der Waals surface area contributed by atoms with E-state index in [2.05, 4.69) is 79.1 Å². The van der Waals surface area contributed by atoms with E-state index in [1.165, 1.54) is 109 Å². The van der Waals surface area contributed by atoms with E-state index in [9.17, 15) is 23.8 Å². The maximum atomic E-state index is 12.6. The van der Waals surface area contributed by atoms with E-state index in [-0.39, 0.29) is 12.8 Å². The monoisotopic (exact) mass is 892 g/mol. The van der Waals surface area contributed by atoms with Crippen molar-refractivity contribution in [3.63, 3.8) is 0 Å². The zero-order chi connectivity index (χ0) is 45.6. The summed E-state index contributed by atoms with van der Waals surface area (Å²) in [7, 11) is -4.75. The molecular formula is C50H86NO10P. The van der Waals surface area contributed by atoms with Gasteiger partial charge in [0.25, 0.3) is 0 Å². The average Bonchev–Trinajstić information content (AvgIpc) is 3.25. The van der Waals surface area contributed by atoms with E-state index in [1.54, 1.807) is 0 Å². The van der Waals surface area contributed by atoms with Crippen molar-refractivity contribution < 1.29 is 47.5 Å². The summed E-state index contributed by atoms with van der Waals surface area (Å²) in [6.07, 6.45) is 54.2. The molecule has 0 radical (unpaired) electrons. The van der Waals surface area contributed by atoms with Gasteiger partial charge in [0.05, 0.1) is 13.2 Å². The van der Waals surface area contributed by atoms with E-state index >= 15 is 0 Å². The topological polar surface area (TPSA) is 172 Å². The van der Waals surface area contributed by atoms with Crippen LogP contribution in [0.25, 0.3) is 0 Å². The molecule has 0 aliphatic carbocycles. The van der Waals surface area contributed by atoms with Gasteiger partial charge in [-0.2, -0.15) is 0 Å². The lowest BCUT2D eigenvalue weighted by Gasteiger charge is -2.20. The van der Waals surface area contributed by atoms with Crippen molar-refractivity contribution in [1.29, 1.82) is 0 Å². The molecule has 62 heavy (non-hydrogen) atoms. The Morgan fingerprint density at radius 2 is 0.855 bits per heavy atom. The van der Waals surface area contributed by atoms with Gasteiger partial charge in [-0.05, 0) is 77.0 Å². The number of carboxylic acid groups (broad SMARTS) is 1. The van der Waals surface area contributed by atoms with Crippen molar-refractivity contribution in [3.05, 3.63) is 72.9 Å². The minimum absolute atomic E-state index is 0.0826. The van der Waals surface area contributed by atoms with Gasteiger partial charge in [-0.15, -0.1) is 0 Å². The summed E-state index contributed by atoms with van der Waals surface area (Å²) in [6.45, 7) is 2.71. The van der Waals surface area contributed by atoms with E-state index in [0.29, 0.717) is 25.7 Å². The average molecular weight is 892 g/mol. The molecule has 0 fully saturated rings. The predicted octanol–water partition coefficient (Wildman–Crippen LogP) is 13.3. The van der Waals surface area contributed by atoms with Gasteiger partial charge in [0.1, 0.15) is 12.6 Å². The first-order valence-corrected chi connectivity index (χ1v) is 25.5. The molecule has 11 nitrogen and oxygen atoms in total. The minimum atomic E-state index is -4.75. The van der Waals surface area contributed by atoms with Gasteiger partial charge in [0, 0.05) is 12.8 Å². The molecule has 0 heterocycles. The second-order valence-corrected chi connectivity index (χ2v) is 17.3. The molecule has 0 spiro atoms. The third-order valence-corrected chi connectivity index (χ3v) is 10.9. The fraction of sp³-hybridized carbons (Fsp3) is 0.700. The summed E-state index contributed by atoms with van der Waals surface area (Å²) in [5, 5.41) is 8.90. The highest BCUT2D eigenvalue weighted by Gasteiger charge is 2.28. The molecule has 12 heteroatoms. The lowest BCUT2D eigenvalue weighted by Crippen LogP contribution is -2.34. The van der Waals surface area contributed by atoms with Gasteiger partial charge < -0.3 is 25.2 Å². The van der Waals surface area contributed by atoms with Crippen LogP contribution in [0.3, 0.4) is 0 Å². The van der Waals surface area contributed by atoms with Crippen molar-refractivity contribution in [1.82, 2.24) is 0 Å². The number of nitrogens with two attached hydrogens (primary N) is 1. The summed E-state index contributed by atoms with van der Waals surface area (Å²) >= 11 is 0. The summed E-state index contributed by atoms with van der Waals surface area (Å²) in [4.78, 5) is 46.0. The van der Waals surface area contributed by atoms with Crippen LogP contribution in [0, 0.1) is 0 Å². The number of rotatable bonds is 44. The fourth-order valence-corrected chi connectivity index (χ4v) is 6.93. The van der Waals surface area contributed by atoms with Gasteiger partial charge in [0.15, 0.2) is 6.10 Å². The standard InChI is InChI=1S/C50H86NO10P/c1-3-5-7-9-11-13-15-17-19-21-22-23-24-26-27-29-31-33-35-37-39-41-48(52)58-43-46(44-59-62(56,57)60-45-47(51)50(54)55)61-49(53)42-40-38-36-34-32-30-28-25-20-18-16-14-12-10-8-6-4-2/h19,21,23-24,27-30,33-36,46-47H,3-18,20,22,25-26,31-32,37-45,51H2,1-2H3,(H,54,55)(H,56,57)/b21-19+,24-23+,29-27+,30-28+,35-33+,36-34+/t46-,47+/m1/s1. The molecule has 4 N–H and O–H groups in total. The number of carboxylic acids is 1. The second kappa shape index (κ2) is 44.5. The van der Waals surface area contributed by atoms with Crippen molar-refractivity contribution in [3.8, 4) is 0 Å². The van der Waals surface area contributed by atoms with Crippen LogP contribution >= 0.6 is 7.82 Å². The highest BCUT2D eigenvalue weighted by atomic mass is 31.2. The summed E-state index contributed by atoms with van der Waals surface area (Å²) in [5.74, 6) is -2.51. The molecule has 356 valence electrons. The number of allylic oxidation sites excluding steroid dienone is 12. The first-order valence-electron chi connectivity index (χ1n) is 24.0. The quantitative estimate of drug-likeness (QED) is 0.0230. The Labute approximate surface area is 376 Å². The lowest BCUT2D eigenvalue weighted by atomic mass is 10.1. The van der Waals surface area contributed by atoms with Gasteiger partial charge in [-0.25, -0.2) is 4.57 Å². The molecule has 1 unspecified atom stereocenters. The maximum Gasteiger partial charge on any atom is 0.472 e. The van der Waals surface area contributed by atoms with Gasteiger partial charge in [0.2, 0.25) is 0 Å². The molecule has 0 rings (SSSR count). The third-order valence-electron chi connectivity index (χ3n) is 9.93. The first kappa shape index (κ1) is 58.9. The first-order chi connectivity index (χ1) is 30.1. The highest BCUT2D eigenvalue weighted by molar-refractivity contribution is 7.47. The van der Waals surface area contributed by atoms with Crippen molar-refractivity contribution in [2.24, 2.45) is 5.73 Å². The van der Waals surface area contributed by atoms with E-state index in [1.807, 2.05) is 12.2 Å². The van der Waals surface area contributed by atoms with E-state index in [4.69, 9.17) is 24.8 Å². The molecule has 0 aromatic carbocycles. The smallest absolute Gasteiger partial charge is 0.472 e. The Hall–Kier alpha value is -3.08. The highest BCUT2D eigenvalue weighted by Crippen LogP contribution is 2.43. The summed E-state index contributed by atoms with van der Waals surface area (Å²) < 4.78 is 32.6. The number of phosphoric acid groups is 1. The number of carbonyl (C=O) groups is 3. The minimum Gasteiger partial charge on any atom is -0.480 e. The van der Waals surface area contributed by atoms with Crippen LogP contribution in [-0.2, 0) is 37.5 Å². The van der Waals surface area contributed by atoms with Crippen molar-refractivity contribution in [2.75, 3.05) is 19.8 Å². The van der Waals surface area contributed by atoms with Crippen LogP contribution in [0.5, 0.6) is 0 Å². The number of ether oxygens (including phenoxy) is 2. The molecule has 0 saturated heterocycles. The Balaban J connectivity index is 4.46. The molecule has 3 atom stereocenters. The predicted molar refractivity (Wildman–Crippen MR) is 254 cm³/mol. The van der Waals surface area contributed by atoms with Crippen LogP contribution in [0.4, 0.5) is 0 Å². The Kier molecular flexibility index (Phi) is 42.3. The molecule has 0 amide bonds. The van der Waals surface area contributed by atoms with Crippen LogP contribution in [0.2, 0.25) is 0 Å². The molecule has 0 aromatic heterocycles. The van der Waals surface area contributed by atoms with Crippen LogP contribution in [0.1, 0.15) is 194 Å². The normalized spacial score (nSPS) is 14.3. The maximum absolute atomic E-state index is 12.6. The van der Waals surface area contributed by atoms with Crippen LogP contribution < -0.4 is 5.73 Å². The van der Waals surface area contributed by atoms with Gasteiger partial charge in [-0.1, -0.05) is 177 Å². The number of phosphoric ester groups is 1. The molecular weight excluding hydrogens is 806 g/mol. The van der Waals surface area contributed by atoms with E-state index in [0.717, 1.165) is 32.1 Å². The Morgan fingerprint density at radius 1 is 0.500 bits per heavy atom. The number of esters is 2. The molecule has 0 bridgehead atoms.